The molecule has 4 rings (SSSR count). The van der Waals surface area contributed by atoms with Crippen molar-refractivity contribution in [3.63, 3.8) is 0 Å². The number of nitrogens with zero attached hydrogens (tertiary/aromatic N) is 1. The Bertz CT molecular complexity index is 588. The number of carbonyl (C=O) groups is 1. The molecule has 0 radical (unpaired) electrons. The standard InChI is InChI=1S/C19H26N2O3/c1-2-23-16-6-4-3-5-13(16)9-10-20-19(22)21-11-14-15(12-21)18-8-7-17(14)24-18/h3-6,14-15,17-18H,2,7-12H2,1H3,(H,20,22)/t14-,15-,17-,18-/m1/s1. The number of hydrogen-bond acceptors (Lipinski definition) is 3. The molecule has 1 N–H and O–H groups in total. The van der Waals surface area contributed by atoms with Gasteiger partial charge >= 0.3 is 6.03 Å². The average molecular weight is 330 g/mol. The van der Waals surface area contributed by atoms with E-state index in [4.69, 9.17) is 9.47 Å². The van der Waals surface area contributed by atoms with Gasteiger partial charge in [-0.1, -0.05) is 18.2 Å². The molecule has 5 heteroatoms. The molecule has 3 heterocycles. The fourth-order valence-corrected chi connectivity index (χ4v) is 4.55. The number of urea groups is 1. The van der Waals surface area contributed by atoms with Gasteiger partial charge in [-0.15, -0.1) is 0 Å². The number of amides is 2. The molecule has 3 aliphatic heterocycles. The number of fused-ring (bicyclic) bond motifs is 5. The molecule has 0 aliphatic carbocycles. The number of carbonyl (C=O) groups excluding carboxylic acids is 1. The SMILES string of the molecule is CCOc1ccccc1CCNC(=O)N1C[C@@H]2[C@@H](C1)[C@H]1CC[C@H]2O1. The highest BCUT2D eigenvalue weighted by Crippen LogP contribution is 2.47. The van der Waals surface area contributed by atoms with Crippen LogP contribution in [0.1, 0.15) is 25.3 Å². The highest BCUT2D eigenvalue weighted by atomic mass is 16.5. The molecule has 1 aromatic rings. The van der Waals surface area contributed by atoms with Crippen molar-refractivity contribution >= 4 is 6.03 Å². The molecule has 0 aromatic heterocycles. The maximum absolute atomic E-state index is 12.5. The van der Waals surface area contributed by atoms with Gasteiger partial charge in [-0.2, -0.15) is 0 Å². The van der Waals surface area contributed by atoms with Crippen LogP contribution in [0.25, 0.3) is 0 Å². The first-order valence-corrected chi connectivity index (χ1v) is 9.15. The van der Waals surface area contributed by atoms with Crippen LogP contribution in [-0.2, 0) is 11.2 Å². The Labute approximate surface area is 143 Å². The number of nitrogens with one attached hydrogen (secondary N) is 1. The Morgan fingerprint density at radius 2 is 1.96 bits per heavy atom. The van der Waals surface area contributed by atoms with Crippen LogP contribution in [0, 0.1) is 11.8 Å². The first-order chi connectivity index (χ1) is 11.8. The first kappa shape index (κ1) is 15.8. The molecule has 130 valence electrons. The topological polar surface area (TPSA) is 50.8 Å². The van der Waals surface area contributed by atoms with E-state index in [1.54, 1.807) is 0 Å². The molecule has 0 unspecified atom stereocenters. The van der Waals surface area contributed by atoms with Crippen LogP contribution < -0.4 is 10.1 Å². The lowest BCUT2D eigenvalue weighted by molar-refractivity contribution is 0.0739. The van der Waals surface area contributed by atoms with Gasteiger partial charge in [-0.3, -0.25) is 0 Å². The van der Waals surface area contributed by atoms with Crippen LogP contribution >= 0.6 is 0 Å². The Morgan fingerprint density at radius 3 is 2.67 bits per heavy atom. The zero-order valence-corrected chi connectivity index (χ0v) is 14.2. The van der Waals surface area contributed by atoms with E-state index < -0.39 is 0 Å². The zero-order valence-electron chi connectivity index (χ0n) is 14.2. The molecular weight excluding hydrogens is 304 g/mol. The summed E-state index contributed by atoms with van der Waals surface area (Å²) in [6.45, 7) is 4.99. The highest BCUT2D eigenvalue weighted by molar-refractivity contribution is 5.74. The molecular formula is C19H26N2O3. The van der Waals surface area contributed by atoms with Crippen molar-refractivity contribution in [1.82, 2.24) is 10.2 Å². The summed E-state index contributed by atoms with van der Waals surface area (Å²) >= 11 is 0. The van der Waals surface area contributed by atoms with Crippen LogP contribution in [0.4, 0.5) is 4.79 Å². The maximum atomic E-state index is 12.5. The van der Waals surface area contributed by atoms with Gasteiger partial charge in [-0.05, 0) is 37.8 Å². The van der Waals surface area contributed by atoms with Gasteiger partial charge in [0.15, 0.2) is 0 Å². The van der Waals surface area contributed by atoms with E-state index in [1.807, 2.05) is 30.0 Å². The maximum Gasteiger partial charge on any atom is 0.317 e. The van der Waals surface area contributed by atoms with Crippen molar-refractivity contribution in [3.05, 3.63) is 29.8 Å². The van der Waals surface area contributed by atoms with Crippen LogP contribution in [-0.4, -0.2) is 49.4 Å². The van der Waals surface area contributed by atoms with E-state index in [9.17, 15) is 4.79 Å². The lowest BCUT2D eigenvalue weighted by Crippen LogP contribution is -2.40. The van der Waals surface area contributed by atoms with Crippen LogP contribution in [0.5, 0.6) is 5.75 Å². The fraction of sp³-hybridized carbons (Fsp3) is 0.632. The molecule has 4 atom stereocenters. The Kier molecular flexibility index (Phi) is 4.35. The molecule has 1 aromatic carbocycles. The summed E-state index contributed by atoms with van der Waals surface area (Å²) in [6, 6.07) is 8.10. The highest BCUT2D eigenvalue weighted by Gasteiger charge is 2.53. The molecule has 0 spiro atoms. The van der Waals surface area contributed by atoms with Gasteiger partial charge in [0, 0.05) is 31.5 Å². The first-order valence-electron chi connectivity index (χ1n) is 9.15. The van der Waals surface area contributed by atoms with Crippen LogP contribution in [0.2, 0.25) is 0 Å². The van der Waals surface area contributed by atoms with Crippen molar-refractivity contribution in [2.45, 2.75) is 38.4 Å². The molecule has 5 nitrogen and oxygen atoms in total. The van der Waals surface area contributed by atoms with E-state index in [-0.39, 0.29) is 6.03 Å². The van der Waals surface area contributed by atoms with Gasteiger partial charge < -0.3 is 19.7 Å². The predicted molar refractivity (Wildman–Crippen MR) is 91.2 cm³/mol. The molecule has 0 saturated carbocycles. The summed E-state index contributed by atoms with van der Waals surface area (Å²) in [6.07, 6.45) is 3.94. The minimum Gasteiger partial charge on any atom is -0.494 e. The zero-order chi connectivity index (χ0) is 16.5. The third-order valence-corrected chi connectivity index (χ3v) is 5.68. The smallest absolute Gasteiger partial charge is 0.317 e. The Morgan fingerprint density at radius 1 is 1.25 bits per heavy atom. The quantitative estimate of drug-likeness (QED) is 0.902. The Hall–Kier alpha value is -1.75. The van der Waals surface area contributed by atoms with Gasteiger partial charge in [0.1, 0.15) is 5.75 Å². The monoisotopic (exact) mass is 330 g/mol. The van der Waals surface area contributed by atoms with Crippen LogP contribution in [0.15, 0.2) is 24.3 Å². The minimum atomic E-state index is 0.0673. The number of likely N-dealkylation sites (tertiary alicyclic amines) is 1. The van der Waals surface area contributed by atoms with Gasteiger partial charge in [0.05, 0.1) is 18.8 Å². The van der Waals surface area contributed by atoms with E-state index >= 15 is 0 Å². The van der Waals surface area contributed by atoms with Gasteiger partial charge in [0.2, 0.25) is 0 Å². The summed E-state index contributed by atoms with van der Waals surface area (Å²) in [5.74, 6) is 2.04. The minimum absolute atomic E-state index is 0.0673. The van der Waals surface area contributed by atoms with Crippen molar-refractivity contribution in [2.75, 3.05) is 26.2 Å². The number of benzene rings is 1. The number of hydrogen-bond donors (Lipinski definition) is 1. The third-order valence-electron chi connectivity index (χ3n) is 5.68. The molecule has 3 fully saturated rings. The largest absolute Gasteiger partial charge is 0.494 e. The summed E-state index contributed by atoms with van der Waals surface area (Å²) in [5, 5.41) is 3.07. The van der Waals surface area contributed by atoms with Crippen molar-refractivity contribution < 1.29 is 14.3 Å². The van der Waals surface area contributed by atoms with Gasteiger partial charge in [0.25, 0.3) is 0 Å². The second-order valence-corrected chi connectivity index (χ2v) is 7.05. The van der Waals surface area contributed by atoms with Crippen LogP contribution in [0.3, 0.4) is 0 Å². The van der Waals surface area contributed by atoms with E-state index in [0.717, 1.165) is 30.8 Å². The molecule has 2 amide bonds. The lowest BCUT2D eigenvalue weighted by atomic mass is 9.82. The fourth-order valence-electron chi connectivity index (χ4n) is 4.55. The number of ether oxygens (including phenoxy) is 2. The number of para-hydroxylation sites is 1. The normalized spacial score (nSPS) is 30.5. The average Bonchev–Trinajstić information content (AvgIpc) is 3.29. The summed E-state index contributed by atoms with van der Waals surface area (Å²) < 4.78 is 11.6. The van der Waals surface area contributed by atoms with Crippen molar-refractivity contribution in [2.24, 2.45) is 11.8 Å². The summed E-state index contributed by atoms with van der Waals surface area (Å²) in [4.78, 5) is 14.4. The second-order valence-electron chi connectivity index (χ2n) is 7.05. The van der Waals surface area contributed by atoms with E-state index in [0.29, 0.717) is 37.2 Å². The summed E-state index contributed by atoms with van der Waals surface area (Å²) in [7, 11) is 0. The Balaban J connectivity index is 1.27. The predicted octanol–water partition coefficient (Wildman–Crippen LogP) is 2.45. The van der Waals surface area contributed by atoms with Crippen molar-refractivity contribution in [3.8, 4) is 5.75 Å². The van der Waals surface area contributed by atoms with E-state index in [2.05, 4.69) is 11.4 Å². The lowest BCUT2D eigenvalue weighted by Gasteiger charge is -2.19. The molecule has 3 saturated heterocycles. The molecule has 2 bridgehead atoms. The van der Waals surface area contributed by atoms with Gasteiger partial charge in [-0.25, -0.2) is 4.79 Å². The third kappa shape index (κ3) is 2.86. The summed E-state index contributed by atoms with van der Waals surface area (Å²) in [5.41, 5.74) is 1.14. The second kappa shape index (κ2) is 6.63. The number of rotatable bonds is 5. The molecule has 3 aliphatic rings. The molecule has 24 heavy (non-hydrogen) atoms. The van der Waals surface area contributed by atoms with E-state index in [1.165, 1.54) is 12.8 Å². The van der Waals surface area contributed by atoms with Crippen molar-refractivity contribution in [1.29, 1.82) is 0 Å².